The molecule has 1 fully saturated rings. The summed E-state index contributed by atoms with van der Waals surface area (Å²) in [5, 5.41) is 3.31. The van der Waals surface area contributed by atoms with E-state index < -0.39 is 0 Å². The van der Waals surface area contributed by atoms with Gasteiger partial charge in [-0.1, -0.05) is 0 Å². The molecule has 0 amide bonds. The first-order valence-electron chi connectivity index (χ1n) is 5.28. The Labute approximate surface area is 85.9 Å². The maximum atomic E-state index is 5.49. The van der Waals surface area contributed by atoms with Crippen LogP contribution in [0.4, 0.5) is 0 Å². The van der Waals surface area contributed by atoms with Gasteiger partial charge in [0.15, 0.2) is 0 Å². The minimum Gasteiger partial charge on any atom is -0.382 e. The van der Waals surface area contributed by atoms with Crippen LogP contribution < -0.4 is 5.32 Å². The summed E-state index contributed by atoms with van der Waals surface area (Å²) in [6.45, 7) is 5.78. The predicted octanol–water partition coefficient (Wildman–Crippen LogP) is 0.276. The average Bonchev–Trinajstić information content (AvgIpc) is 2.69. The van der Waals surface area contributed by atoms with Crippen LogP contribution >= 0.6 is 0 Å². The van der Waals surface area contributed by atoms with Crippen molar-refractivity contribution in [2.45, 2.75) is 6.42 Å². The summed E-state index contributed by atoms with van der Waals surface area (Å²) >= 11 is 0. The minimum atomic E-state index is 0.658. The standard InChI is InChI=1S/C10H21NO3/c1-12-4-5-13-6-7-14-9-10-2-3-11-8-10/h10-11H,2-9H2,1H3/t10-/m1/s1. The van der Waals surface area contributed by atoms with E-state index in [1.165, 1.54) is 6.42 Å². The van der Waals surface area contributed by atoms with Gasteiger partial charge < -0.3 is 19.5 Å². The van der Waals surface area contributed by atoms with Crippen LogP contribution in [0.1, 0.15) is 6.42 Å². The monoisotopic (exact) mass is 203 g/mol. The third-order valence-electron chi connectivity index (χ3n) is 2.32. The highest BCUT2D eigenvalue weighted by atomic mass is 16.5. The molecule has 0 saturated carbocycles. The smallest absolute Gasteiger partial charge is 0.0701 e. The van der Waals surface area contributed by atoms with E-state index in [2.05, 4.69) is 5.32 Å². The summed E-state index contributed by atoms with van der Waals surface area (Å²) in [5.41, 5.74) is 0. The fourth-order valence-electron chi connectivity index (χ4n) is 1.47. The molecule has 0 aromatic carbocycles. The molecule has 1 aliphatic heterocycles. The molecule has 1 saturated heterocycles. The van der Waals surface area contributed by atoms with Gasteiger partial charge in [-0.3, -0.25) is 0 Å². The van der Waals surface area contributed by atoms with Gasteiger partial charge in [0.25, 0.3) is 0 Å². The second-order valence-electron chi connectivity index (χ2n) is 3.54. The van der Waals surface area contributed by atoms with Crippen LogP contribution in [0.2, 0.25) is 0 Å². The number of nitrogens with one attached hydrogen (secondary N) is 1. The third-order valence-corrected chi connectivity index (χ3v) is 2.32. The van der Waals surface area contributed by atoms with E-state index in [9.17, 15) is 0 Å². The molecule has 4 nitrogen and oxygen atoms in total. The highest BCUT2D eigenvalue weighted by Gasteiger charge is 2.13. The first-order chi connectivity index (χ1) is 6.93. The molecule has 0 aliphatic carbocycles. The number of rotatable bonds is 8. The van der Waals surface area contributed by atoms with E-state index in [1.807, 2.05) is 0 Å². The van der Waals surface area contributed by atoms with Gasteiger partial charge >= 0.3 is 0 Å². The third kappa shape index (κ3) is 5.54. The lowest BCUT2D eigenvalue weighted by molar-refractivity contribution is 0.0172. The van der Waals surface area contributed by atoms with Crippen molar-refractivity contribution in [1.29, 1.82) is 0 Å². The molecular weight excluding hydrogens is 182 g/mol. The Kier molecular flexibility index (Phi) is 6.95. The van der Waals surface area contributed by atoms with Crippen molar-refractivity contribution in [3.05, 3.63) is 0 Å². The maximum Gasteiger partial charge on any atom is 0.0701 e. The van der Waals surface area contributed by atoms with Gasteiger partial charge in [0.2, 0.25) is 0 Å². The van der Waals surface area contributed by atoms with Crippen molar-refractivity contribution in [2.24, 2.45) is 5.92 Å². The quantitative estimate of drug-likeness (QED) is 0.575. The van der Waals surface area contributed by atoms with Crippen LogP contribution in [0.25, 0.3) is 0 Å². The molecule has 1 N–H and O–H groups in total. The first kappa shape index (κ1) is 11.9. The molecule has 1 aliphatic rings. The predicted molar refractivity (Wildman–Crippen MR) is 54.5 cm³/mol. The van der Waals surface area contributed by atoms with Crippen molar-refractivity contribution in [3.63, 3.8) is 0 Å². The lowest BCUT2D eigenvalue weighted by Crippen LogP contribution is -2.16. The molecule has 1 atom stereocenters. The lowest BCUT2D eigenvalue weighted by atomic mass is 10.1. The van der Waals surface area contributed by atoms with Gasteiger partial charge in [-0.15, -0.1) is 0 Å². The highest BCUT2D eigenvalue weighted by molar-refractivity contribution is 4.69. The Morgan fingerprint density at radius 3 is 2.64 bits per heavy atom. The molecule has 1 rings (SSSR count). The van der Waals surface area contributed by atoms with E-state index in [4.69, 9.17) is 14.2 Å². The Hall–Kier alpha value is -0.160. The van der Waals surface area contributed by atoms with E-state index in [-0.39, 0.29) is 0 Å². The van der Waals surface area contributed by atoms with Gasteiger partial charge in [0.1, 0.15) is 0 Å². The highest BCUT2D eigenvalue weighted by Crippen LogP contribution is 2.06. The fourth-order valence-corrected chi connectivity index (χ4v) is 1.47. The van der Waals surface area contributed by atoms with Gasteiger partial charge in [-0.05, 0) is 18.9 Å². The Bertz CT molecular complexity index is 127. The van der Waals surface area contributed by atoms with Crippen LogP contribution in [0.5, 0.6) is 0 Å². The van der Waals surface area contributed by atoms with Crippen molar-refractivity contribution >= 4 is 0 Å². The van der Waals surface area contributed by atoms with E-state index >= 15 is 0 Å². The van der Waals surface area contributed by atoms with Gasteiger partial charge in [-0.25, -0.2) is 0 Å². The zero-order chi connectivity index (χ0) is 10.1. The molecule has 0 bridgehead atoms. The van der Waals surface area contributed by atoms with E-state index in [1.54, 1.807) is 7.11 Å². The SMILES string of the molecule is COCCOCCOC[C@@H]1CCNC1. The molecule has 0 aromatic heterocycles. The summed E-state index contributed by atoms with van der Waals surface area (Å²) in [7, 11) is 1.67. The molecule has 4 heteroatoms. The summed E-state index contributed by atoms with van der Waals surface area (Å²) in [5.74, 6) is 0.703. The second-order valence-corrected chi connectivity index (χ2v) is 3.54. The van der Waals surface area contributed by atoms with Gasteiger partial charge in [0.05, 0.1) is 33.0 Å². The van der Waals surface area contributed by atoms with Crippen molar-refractivity contribution in [1.82, 2.24) is 5.32 Å². The van der Waals surface area contributed by atoms with Crippen LogP contribution in [-0.2, 0) is 14.2 Å². The fraction of sp³-hybridized carbons (Fsp3) is 1.00. The molecule has 0 unspecified atom stereocenters. The average molecular weight is 203 g/mol. The number of hydrogen-bond acceptors (Lipinski definition) is 4. The minimum absolute atomic E-state index is 0.658. The molecule has 14 heavy (non-hydrogen) atoms. The van der Waals surface area contributed by atoms with Crippen molar-refractivity contribution in [3.8, 4) is 0 Å². The van der Waals surface area contributed by atoms with Crippen LogP contribution in [-0.4, -0.2) is 53.2 Å². The zero-order valence-corrected chi connectivity index (χ0v) is 8.96. The topological polar surface area (TPSA) is 39.7 Å². The molecule has 0 radical (unpaired) electrons. The Morgan fingerprint density at radius 2 is 1.93 bits per heavy atom. The summed E-state index contributed by atoms with van der Waals surface area (Å²) in [4.78, 5) is 0. The molecule has 84 valence electrons. The molecule has 0 spiro atoms. The van der Waals surface area contributed by atoms with Gasteiger partial charge in [-0.2, -0.15) is 0 Å². The first-order valence-corrected chi connectivity index (χ1v) is 5.28. The summed E-state index contributed by atoms with van der Waals surface area (Å²) in [6, 6.07) is 0. The van der Waals surface area contributed by atoms with Gasteiger partial charge in [0, 0.05) is 13.7 Å². The van der Waals surface area contributed by atoms with Crippen LogP contribution in [0.3, 0.4) is 0 Å². The molecule has 0 aromatic rings. The number of hydrogen-bond donors (Lipinski definition) is 1. The van der Waals surface area contributed by atoms with Crippen molar-refractivity contribution < 1.29 is 14.2 Å². The van der Waals surface area contributed by atoms with E-state index in [0.717, 1.165) is 19.7 Å². The molecule has 1 heterocycles. The van der Waals surface area contributed by atoms with Crippen molar-refractivity contribution in [2.75, 3.05) is 53.2 Å². The van der Waals surface area contributed by atoms with Crippen LogP contribution in [0, 0.1) is 5.92 Å². The zero-order valence-electron chi connectivity index (χ0n) is 8.96. The maximum absolute atomic E-state index is 5.49. The second kappa shape index (κ2) is 8.17. The normalized spacial score (nSPS) is 21.6. The summed E-state index contributed by atoms with van der Waals surface area (Å²) in [6.07, 6.45) is 1.24. The Morgan fingerprint density at radius 1 is 1.14 bits per heavy atom. The Balaban J connectivity index is 1.75. The largest absolute Gasteiger partial charge is 0.382 e. The summed E-state index contributed by atoms with van der Waals surface area (Å²) < 4.78 is 15.6. The number of methoxy groups -OCH3 is 1. The van der Waals surface area contributed by atoms with Crippen LogP contribution in [0.15, 0.2) is 0 Å². The lowest BCUT2D eigenvalue weighted by Gasteiger charge is -2.09. The van der Waals surface area contributed by atoms with E-state index in [0.29, 0.717) is 32.3 Å². The number of ether oxygens (including phenoxy) is 3. The molecular formula is C10H21NO3.